The number of nitrogens with one attached hydrogen (secondary N) is 2. The summed E-state index contributed by atoms with van der Waals surface area (Å²) < 4.78 is 0. The molecule has 1 aromatic rings. The normalized spacial score (nSPS) is 12.6. The predicted octanol–water partition coefficient (Wildman–Crippen LogP) is 2.12. The van der Waals surface area contributed by atoms with Crippen molar-refractivity contribution in [3.63, 3.8) is 0 Å². The van der Waals surface area contributed by atoms with E-state index in [4.69, 9.17) is 0 Å². The fraction of sp³-hybridized carbons (Fsp3) is 0.588. The third-order valence-corrected chi connectivity index (χ3v) is 3.90. The predicted molar refractivity (Wildman–Crippen MR) is 91.9 cm³/mol. The first-order valence-electron chi connectivity index (χ1n) is 7.61. The van der Waals surface area contributed by atoms with Gasteiger partial charge >= 0.3 is 0 Å². The minimum atomic E-state index is 0.0989. The maximum Gasteiger partial charge on any atom is 0.191 e. The number of likely N-dealkylation sites (N-methyl/N-ethyl adjacent to an activating group) is 1. The van der Waals surface area contributed by atoms with E-state index in [0.29, 0.717) is 0 Å². The summed E-state index contributed by atoms with van der Waals surface area (Å²) in [6, 6.07) is 10.6. The monoisotopic (exact) mass is 290 g/mol. The molecule has 0 heterocycles. The van der Waals surface area contributed by atoms with Gasteiger partial charge in [-0.05, 0) is 46.3 Å². The van der Waals surface area contributed by atoms with Gasteiger partial charge in [0.05, 0.1) is 0 Å². The summed E-state index contributed by atoms with van der Waals surface area (Å²) in [7, 11) is 6.00. The maximum atomic E-state index is 4.27. The van der Waals surface area contributed by atoms with Gasteiger partial charge in [0.1, 0.15) is 0 Å². The summed E-state index contributed by atoms with van der Waals surface area (Å²) >= 11 is 0. The van der Waals surface area contributed by atoms with Crippen molar-refractivity contribution >= 4 is 5.96 Å². The van der Waals surface area contributed by atoms with Crippen LogP contribution in [0.5, 0.6) is 0 Å². The Morgan fingerprint density at radius 3 is 2.38 bits per heavy atom. The minimum absolute atomic E-state index is 0.0989. The van der Waals surface area contributed by atoms with Crippen molar-refractivity contribution in [1.82, 2.24) is 15.5 Å². The van der Waals surface area contributed by atoms with Gasteiger partial charge in [0.2, 0.25) is 0 Å². The number of guanidine groups is 1. The number of benzene rings is 1. The topological polar surface area (TPSA) is 39.7 Å². The van der Waals surface area contributed by atoms with E-state index in [1.165, 1.54) is 5.56 Å². The molecular weight excluding hydrogens is 260 g/mol. The van der Waals surface area contributed by atoms with Crippen LogP contribution in [0.4, 0.5) is 0 Å². The first kappa shape index (κ1) is 17.5. The largest absolute Gasteiger partial charge is 0.356 e. The van der Waals surface area contributed by atoms with Crippen LogP contribution in [0.2, 0.25) is 0 Å². The molecule has 0 atom stereocenters. The Bertz CT molecular complexity index is 424. The van der Waals surface area contributed by atoms with Gasteiger partial charge in [0.25, 0.3) is 0 Å². The zero-order valence-corrected chi connectivity index (χ0v) is 14.1. The quantitative estimate of drug-likeness (QED) is 0.459. The van der Waals surface area contributed by atoms with E-state index < -0.39 is 0 Å². The molecule has 0 unspecified atom stereocenters. The summed E-state index contributed by atoms with van der Waals surface area (Å²) in [5, 5.41) is 6.76. The fourth-order valence-corrected chi connectivity index (χ4v) is 1.82. The summed E-state index contributed by atoms with van der Waals surface area (Å²) in [6.45, 7) is 6.21. The Kier molecular flexibility index (Phi) is 7.23. The van der Waals surface area contributed by atoms with Crippen LogP contribution in [0.25, 0.3) is 0 Å². The van der Waals surface area contributed by atoms with Crippen LogP contribution < -0.4 is 10.6 Å². The second-order valence-electron chi connectivity index (χ2n) is 6.15. The summed E-state index contributed by atoms with van der Waals surface area (Å²) in [6.07, 6.45) is 2.19. The third kappa shape index (κ3) is 6.63. The Labute approximate surface area is 129 Å². The van der Waals surface area contributed by atoms with E-state index in [0.717, 1.165) is 31.9 Å². The molecule has 4 heteroatoms. The second kappa shape index (κ2) is 8.67. The van der Waals surface area contributed by atoms with E-state index in [1.807, 2.05) is 7.05 Å². The van der Waals surface area contributed by atoms with Crippen molar-refractivity contribution in [2.45, 2.75) is 32.2 Å². The van der Waals surface area contributed by atoms with Crippen LogP contribution in [0.15, 0.2) is 35.3 Å². The molecule has 1 rings (SSSR count). The van der Waals surface area contributed by atoms with E-state index >= 15 is 0 Å². The SMILES string of the molecule is CN=C(NCCCc1ccccc1)NCC(C)(C)N(C)C. The summed E-state index contributed by atoms with van der Waals surface area (Å²) in [4.78, 5) is 6.48. The van der Waals surface area contributed by atoms with Gasteiger partial charge in [-0.3, -0.25) is 4.99 Å². The van der Waals surface area contributed by atoms with Crippen molar-refractivity contribution in [2.24, 2.45) is 4.99 Å². The van der Waals surface area contributed by atoms with Crippen molar-refractivity contribution in [3.8, 4) is 0 Å². The second-order valence-corrected chi connectivity index (χ2v) is 6.15. The molecular formula is C17H30N4. The molecule has 0 spiro atoms. The molecule has 0 aromatic heterocycles. The van der Waals surface area contributed by atoms with Gasteiger partial charge in [-0.1, -0.05) is 30.3 Å². The number of hydrogen-bond donors (Lipinski definition) is 2. The van der Waals surface area contributed by atoms with Gasteiger partial charge in [-0.2, -0.15) is 0 Å². The molecule has 118 valence electrons. The standard InChI is InChI=1S/C17H30N4/c1-17(2,21(4)5)14-20-16(18-3)19-13-9-12-15-10-7-6-8-11-15/h6-8,10-11H,9,12-14H2,1-5H3,(H2,18,19,20). The highest BCUT2D eigenvalue weighted by Crippen LogP contribution is 2.07. The van der Waals surface area contributed by atoms with E-state index in [1.54, 1.807) is 0 Å². The van der Waals surface area contributed by atoms with Crippen molar-refractivity contribution in [1.29, 1.82) is 0 Å². The first-order valence-corrected chi connectivity index (χ1v) is 7.61. The van der Waals surface area contributed by atoms with Crippen LogP contribution in [0.3, 0.4) is 0 Å². The van der Waals surface area contributed by atoms with Crippen LogP contribution in [0.1, 0.15) is 25.8 Å². The van der Waals surface area contributed by atoms with Crippen LogP contribution in [-0.4, -0.2) is 50.6 Å². The smallest absolute Gasteiger partial charge is 0.191 e. The van der Waals surface area contributed by atoms with Gasteiger partial charge in [0, 0.05) is 25.7 Å². The number of rotatable bonds is 7. The van der Waals surface area contributed by atoms with E-state index in [2.05, 4.69) is 78.8 Å². The van der Waals surface area contributed by atoms with Crippen molar-refractivity contribution in [3.05, 3.63) is 35.9 Å². The molecule has 0 saturated heterocycles. The maximum absolute atomic E-state index is 4.27. The number of hydrogen-bond acceptors (Lipinski definition) is 2. The summed E-state index contributed by atoms with van der Waals surface area (Å²) in [5.74, 6) is 0.873. The molecule has 1 aromatic carbocycles. The molecule has 0 aliphatic carbocycles. The molecule has 0 bridgehead atoms. The van der Waals surface area contributed by atoms with Gasteiger partial charge in [0.15, 0.2) is 5.96 Å². The highest BCUT2D eigenvalue weighted by molar-refractivity contribution is 5.79. The molecule has 2 N–H and O–H groups in total. The lowest BCUT2D eigenvalue weighted by Gasteiger charge is -2.33. The van der Waals surface area contributed by atoms with Gasteiger partial charge < -0.3 is 15.5 Å². The fourth-order valence-electron chi connectivity index (χ4n) is 1.82. The minimum Gasteiger partial charge on any atom is -0.356 e. The van der Waals surface area contributed by atoms with E-state index in [-0.39, 0.29) is 5.54 Å². The van der Waals surface area contributed by atoms with Crippen molar-refractivity contribution < 1.29 is 0 Å². The Morgan fingerprint density at radius 2 is 1.81 bits per heavy atom. The lowest BCUT2D eigenvalue weighted by atomic mass is 10.0. The van der Waals surface area contributed by atoms with Crippen LogP contribution >= 0.6 is 0 Å². The van der Waals surface area contributed by atoms with Gasteiger partial charge in [-0.25, -0.2) is 0 Å². The molecule has 21 heavy (non-hydrogen) atoms. The van der Waals surface area contributed by atoms with Crippen LogP contribution in [-0.2, 0) is 6.42 Å². The lowest BCUT2D eigenvalue weighted by Crippen LogP contribution is -2.50. The molecule has 0 aliphatic rings. The highest BCUT2D eigenvalue weighted by atomic mass is 15.2. The average molecular weight is 290 g/mol. The average Bonchev–Trinajstić information content (AvgIpc) is 2.47. The Hall–Kier alpha value is -1.55. The van der Waals surface area contributed by atoms with Gasteiger partial charge in [-0.15, -0.1) is 0 Å². The molecule has 0 aliphatic heterocycles. The third-order valence-electron chi connectivity index (χ3n) is 3.90. The number of aryl methyl sites for hydroxylation is 1. The zero-order valence-electron chi connectivity index (χ0n) is 14.1. The number of nitrogens with zero attached hydrogens (tertiary/aromatic N) is 2. The Balaban J connectivity index is 2.26. The lowest BCUT2D eigenvalue weighted by molar-refractivity contribution is 0.197. The zero-order chi connectivity index (χ0) is 15.7. The molecule has 4 nitrogen and oxygen atoms in total. The molecule has 0 fully saturated rings. The molecule has 0 amide bonds. The molecule has 0 radical (unpaired) electrons. The number of aliphatic imine (C=N–C) groups is 1. The van der Waals surface area contributed by atoms with Crippen molar-refractivity contribution in [2.75, 3.05) is 34.2 Å². The van der Waals surface area contributed by atoms with Crippen LogP contribution in [0, 0.1) is 0 Å². The summed E-state index contributed by atoms with van der Waals surface area (Å²) in [5.41, 5.74) is 1.48. The van der Waals surface area contributed by atoms with E-state index in [9.17, 15) is 0 Å². The molecule has 0 saturated carbocycles. The Morgan fingerprint density at radius 1 is 1.14 bits per heavy atom. The highest BCUT2D eigenvalue weighted by Gasteiger charge is 2.20. The first-order chi connectivity index (χ1) is 9.95.